The molecule has 7 nitrogen and oxygen atoms in total. The van der Waals surface area contributed by atoms with Gasteiger partial charge in [-0.3, -0.25) is 4.98 Å². The van der Waals surface area contributed by atoms with E-state index < -0.39 is 17.7 Å². The maximum absolute atomic E-state index is 13.7. The SMILES string of the molecule is Cn1cc(C(=O)O)c2ncc(N3CC4C(C=Cc5c(-c6ccccc6C(F)(F)F)noc5C5CC5)C4C3)cc21. The highest BCUT2D eigenvalue weighted by atomic mass is 19.4. The number of aromatic carboxylic acids is 1. The summed E-state index contributed by atoms with van der Waals surface area (Å²) in [5.74, 6) is 1.10. The molecule has 2 unspecified atom stereocenters. The lowest BCUT2D eigenvalue weighted by molar-refractivity contribution is -0.137. The van der Waals surface area contributed by atoms with Gasteiger partial charge in [-0.1, -0.05) is 35.5 Å². The largest absolute Gasteiger partial charge is 0.478 e. The number of allylic oxidation sites excluding steroid dienone is 1. The van der Waals surface area contributed by atoms with Crippen LogP contribution in [-0.2, 0) is 13.2 Å². The molecule has 1 saturated heterocycles. The monoisotopic (exact) mass is 534 g/mol. The van der Waals surface area contributed by atoms with Gasteiger partial charge >= 0.3 is 12.1 Å². The Morgan fingerprint density at radius 1 is 1.18 bits per heavy atom. The fraction of sp³-hybridized carbons (Fsp3) is 0.345. The second kappa shape index (κ2) is 8.46. The molecule has 7 rings (SSSR count). The zero-order valence-corrected chi connectivity index (χ0v) is 21.0. The average molecular weight is 535 g/mol. The van der Waals surface area contributed by atoms with Gasteiger partial charge in [0.05, 0.1) is 23.0 Å². The van der Waals surface area contributed by atoms with Gasteiger partial charge in [-0.05, 0) is 42.7 Å². The van der Waals surface area contributed by atoms with Gasteiger partial charge in [-0.2, -0.15) is 13.2 Å². The molecule has 3 fully saturated rings. The zero-order valence-electron chi connectivity index (χ0n) is 21.0. The van der Waals surface area contributed by atoms with E-state index in [1.165, 1.54) is 12.1 Å². The molecule has 1 N–H and O–H groups in total. The number of aromatic nitrogens is 3. The van der Waals surface area contributed by atoms with Gasteiger partial charge in [-0.15, -0.1) is 0 Å². The lowest BCUT2D eigenvalue weighted by Gasteiger charge is -2.21. The number of anilines is 1. The van der Waals surface area contributed by atoms with Crippen LogP contribution in [0.2, 0.25) is 0 Å². The minimum absolute atomic E-state index is 0.0390. The Labute approximate surface area is 221 Å². The van der Waals surface area contributed by atoms with E-state index >= 15 is 0 Å². The van der Waals surface area contributed by atoms with Crippen LogP contribution in [0.1, 0.15) is 46.0 Å². The van der Waals surface area contributed by atoms with Crippen molar-refractivity contribution in [1.82, 2.24) is 14.7 Å². The molecule has 2 aliphatic carbocycles. The van der Waals surface area contributed by atoms with Crippen molar-refractivity contribution in [2.75, 3.05) is 18.0 Å². The van der Waals surface area contributed by atoms with Crippen molar-refractivity contribution in [2.24, 2.45) is 24.8 Å². The Morgan fingerprint density at radius 2 is 1.92 bits per heavy atom. The van der Waals surface area contributed by atoms with E-state index in [0.717, 1.165) is 43.2 Å². The summed E-state index contributed by atoms with van der Waals surface area (Å²) in [5.41, 5.74) is 2.61. The van der Waals surface area contributed by atoms with Crippen LogP contribution >= 0.6 is 0 Å². The van der Waals surface area contributed by atoms with Gasteiger partial charge in [-0.25, -0.2) is 4.79 Å². The number of aryl methyl sites for hydroxylation is 1. The predicted octanol–water partition coefficient (Wildman–Crippen LogP) is 6.22. The van der Waals surface area contributed by atoms with Gasteiger partial charge in [0.25, 0.3) is 0 Å². The average Bonchev–Trinajstić information content (AvgIpc) is 3.71. The zero-order chi connectivity index (χ0) is 27.1. The van der Waals surface area contributed by atoms with E-state index in [4.69, 9.17) is 4.52 Å². The normalized spacial score (nSPS) is 22.7. The van der Waals surface area contributed by atoms with Gasteiger partial charge in [0.15, 0.2) is 0 Å². The van der Waals surface area contributed by atoms with Gasteiger partial charge in [0.2, 0.25) is 0 Å². The van der Waals surface area contributed by atoms with E-state index in [0.29, 0.717) is 34.6 Å². The Morgan fingerprint density at radius 3 is 2.62 bits per heavy atom. The Bertz CT molecular complexity index is 1640. The number of carboxylic acids is 1. The molecular formula is C29H25F3N4O3. The number of fused-ring (bicyclic) bond motifs is 2. The molecular weight excluding hydrogens is 509 g/mol. The van der Waals surface area contributed by atoms with Crippen LogP contribution in [0, 0.1) is 17.8 Å². The number of hydrogen-bond acceptors (Lipinski definition) is 5. The molecule has 0 amide bonds. The highest BCUT2D eigenvalue weighted by Crippen LogP contribution is 2.54. The first kappa shape index (κ1) is 24.0. The second-order valence-corrected chi connectivity index (χ2v) is 10.8. The number of pyridine rings is 1. The molecule has 39 heavy (non-hydrogen) atoms. The fourth-order valence-electron chi connectivity index (χ4n) is 6.09. The molecule has 200 valence electrons. The van der Waals surface area contributed by atoms with Gasteiger partial charge < -0.3 is 19.1 Å². The maximum atomic E-state index is 13.7. The lowest BCUT2D eigenvalue weighted by atomic mass is 9.98. The van der Waals surface area contributed by atoms with E-state index in [2.05, 4.69) is 21.1 Å². The van der Waals surface area contributed by atoms with E-state index in [9.17, 15) is 23.1 Å². The third-order valence-corrected chi connectivity index (χ3v) is 8.34. The van der Waals surface area contributed by atoms with Crippen molar-refractivity contribution in [3.05, 3.63) is 71.3 Å². The molecule has 4 heterocycles. The summed E-state index contributed by atoms with van der Waals surface area (Å²) >= 11 is 0. The minimum Gasteiger partial charge on any atom is -0.478 e. The molecule has 0 radical (unpaired) electrons. The predicted molar refractivity (Wildman–Crippen MR) is 138 cm³/mol. The van der Waals surface area contributed by atoms with Crippen LogP contribution in [-0.4, -0.2) is 38.9 Å². The smallest absolute Gasteiger partial charge is 0.417 e. The number of hydrogen-bond donors (Lipinski definition) is 1. The summed E-state index contributed by atoms with van der Waals surface area (Å²) in [5, 5.41) is 13.5. The molecule has 0 bridgehead atoms. The number of nitrogens with zero attached hydrogens (tertiary/aromatic N) is 4. The summed E-state index contributed by atoms with van der Waals surface area (Å²) in [6, 6.07) is 7.49. The topological polar surface area (TPSA) is 84.4 Å². The fourth-order valence-corrected chi connectivity index (χ4v) is 6.09. The van der Waals surface area contributed by atoms with Crippen molar-refractivity contribution in [2.45, 2.75) is 24.9 Å². The van der Waals surface area contributed by atoms with Crippen LogP contribution < -0.4 is 4.90 Å². The lowest BCUT2D eigenvalue weighted by Crippen LogP contribution is -2.23. The van der Waals surface area contributed by atoms with E-state index in [-0.39, 0.29) is 22.7 Å². The van der Waals surface area contributed by atoms with Crippen molar-refractivity contribution in [3.63, 3.8) is 0 Å². The molecule has 3 aliphatic rings. The highest BCUT2D eigenvalue weighted by Gasteiger charge is 2.54. The Balaban J connectivity index is 1.12. The molecule has 1 aromatic carbocycles. The van der Waals surface area contributed by atoms with Crippen molar-refractivity contribution in [1.29, 1.82) is 0 Å². The van der Waals surface area contributed by atoms with Crippen LogP contribution in [0.5, 0.6) is 0 Å². The summed E-state index contributed by atoms with van der Waals surface area (Å²) in [7, 11) is 1.81. The first-order valence-electron chi connectivity index (χ1n) is 13.0. The first-order chi connectivity index (χ1) is 18.7. The standard InChI is InChI=1S/C29H25F3N4O3/c1-35-12-22(28(37)38)26-24(35)10-16(11-33-26)36-13-20-17(21(20)14-36)8-9-19-25(34-39-27(19)15-6-7-15)18-4-2-3-5-23(18)29(30,31)32/h2-5,8-12,15,17,20-21H,6-7,13-14H2,1H3,(H,37,38). The van der Waals surface area contributed by atoms with E-state index in [1.807, 2.05) is 19.2 Å². The van der Waals surface area contributed by atoms with Crippen molar-refractivity contribution >= 4 is 28.8 Å². The molecule has 2 atom stereocenters. The summed E-state index contributed by atoms with van der Waals surface area (Å²) in [4.78, 5) is 18.2. The van der Waals surface area contributed by atoms with Crippen LogP contribution in [0.3, 0.4) is 0 Å². The Hall–Kier alpha value is -4.08. The number of rotatable bonds is 6. The first-order valence-corrected chi connectivity index (χ1v) is 13.0. The molecule has 1 aliphatic heterocycles. The molecule has 10 heteroatoms. The summed E-state index contributed by atoms with van der Waals surface area (Å²) in [6.07, 6.45) is 4.76. The van der Waals surface area contributed by atoms with Gasteiger partial charge in [0.1, 0.15) is 22.5 Å². The third-order valence-electron chi connectivity index (χ3n) is 8.34. The summed E-state index contributed by atoms with van der Waals surface area (Å²) < 4.78 is 48.6. The molecule has 3 aromatic heterocycles. The number of alkyl halides is 3. The summed E-state index contributed by atoms with van der Waals surface area (Å²) in [6.45, 7) is 1.68. The quantitative estimate of drug-likeness (QED) is 0.316. The molecule has 4 aromatic rings. The highest BCUT2D eigenvalue weighted by molar-refractivity contribution is 6.02. The number of halogens is 3. The van der Waals surface area contributed by atoms with Crippen LogP contribution in [0.4, 0.5) is 18.9 Å². The third kappa shape index (κ3) is 4.00. The molecule has 0 spiro atoms. The van der Waals surface area contributed by atoms with Crippen LogP contribution in [0.25, 0.3) is 28.4 Å². The second-order valence-electron chi connectivity index (χ2n) is 10.8. The van der Waals surface area contributed by atoms with Crippen molar-refractivity contribution < 1.29 is 27.6 Å². The number of carboxylic acid groups (broad SMARTS) is 1. The number of benzene rings is 1. The Kier molecular flexibility index (Phi) is 5.20. The maximum Gasteiger partial charge on any atom is 0.417 e. The van der Waals surface area contributed by atoms with Gasteiger partial charge in [0, 0.05) is 43.4 Å². The van der Waals surface area contributed by atoms with E-state index in [1.54, 1.807) is 23.0 Å². The van der Waals surface area contributed by atoms with Crippen LogP contribution in [0.15, 0.2) is 53.3 Å². The number of carbonyl (C=O) groups is 1. The number of piperidine rings is 1. The van der Waals surface area contributed by atoms with Crippen molar-refractivity contribution in [3.8, 4) is 11.3 Å². The minimum atomic E-state index is -4.49. The molecule has 2 saturated carbocycles.